The molecule has 6 heteroatoms. The highest BCUT2D eigenvalue weighted by Crippen LogP contribution is 2.31. The molecule has 1 aromatic rings. The van der Waals surface area contributed by atoms with Crippen LogP contribution in [0.2, 0.25) is 0 Å². The third-order valence-electron chi connectivity index (χ3n) is 4.73. The number of rotatable bonds is 2. The molecule has 0 bridgehead atoms. The number of hydrogen-bond acceptors (Lipinski definition) is 4. The van der Waals surface area contributed by atoms with Gasteiger partial charge in [-0.2, -0.15) is 0 Å². The van der Waals surface area contributed by atoms with Crippen LogP contribution in [0.15, 0.2) is 24.4 Å². The number of carbonyl (C=O) groups is 2. The van der Waals surface area contributed by atoms with Crippen LogP contribution in [-0.2, 0) is 4.79 Å². The van der Waals surface area contributed by atoms with Crippen LogP contribution in [-0.4, -0.2) is 58.4 Å². The SMILES string of the molecule is O=C1[C@H]2CCCN2C(=O)N1[C@H]1CCN(c2ccccn2)C1. The molecule has 4 heterocycles. The van der Waals surface area contributed by atoms with E-state index in [1.165, 1.54) is 4.90 Å². The Morgan fingerprint density at radius 1 is 1.14 bits per heavy atom. The predicted octanol–water partition coefficient (Wildman–Crippen LogP) is 1.09. The van der Waals surface area contributed by atoms with Crippen LogP contribution < -0.4 is 4.90 Å². The summed E-state index contributed by atoms with van der Waals surface area (Å²) in [4.78, 5) is 34.6. The molecule has 3 fully saturated rings. The molecule has 21 heavy (non-hydrogen) atoms. The van der Waals surface area contributed by atoms with Crippen molar-refractivity contribution in [3.8, 4) is 0 Å². The van der Waals surface area contributed by atoms with Crippen molar-refractivity contribution in [2.24, 2.45) is 0 Å². The van der Waals surface area contributed by atoms with Crippen LogP contribution in [0.3, 0.4) is 0 Å². The van der Waals surface area contributed by atoms with Gasteiger partial charge in [0.2, 0.25) is 0 Å². The highest BCUT2D eigenvalue weighted by molar-refractivity contribution is 6.05. The van der Waals surface area contributed by atoms with Gasteiger partial charge in [-0.1, -0.05) is 6.07 Å². The first-order chi connectivity index (χ1) is 10.3. The van der Waals surface area contributed by atoms with E-state index in [2.05, 4.69) is 9.88 Å². The van der Waals surface area contributed by atoms with Crippen molar-refractivity contribution in [2.75, 3.05) is 24.5 Å². The van der Waals surface area contributed by atoms with Crippen LogP contribution in [0.1, 0.15) is 19.3 Å². The summed E-state index contributed by atoms with van der Waals surface area (Å²) in [6, 6.07) is 5.51. The van der Waals surface area contributed by atoms with Crippen LogP contribution in [0.4, 0.5) is 10.6 Å². The molecule has 0 unspecified atom stereocenters. The number of nitrogens with zero attached hydrogens (tertiary/aromatic N) is 4. The minimum absolute atomic E-state index is 0.00497. The van der Waals surface area contributed by atoms with E-state index in [0.29, 0.717) is 6.54 Å². The molecule has 0 aliphatic carbocycles. The lowest BCUT2D eigenvalue weighted by molar-refractivity contribution is -0.129. The monoisotopic (exact) mass is 286 g/mol. The molecular weight excluding hydrogens is 268 g/mol. The van der Waals surface area contributed by atoms with Crippen LogP contribution >= 0.6 is 0 Å². The highest BCUT2D eigenvalue weighted by Gasteiger charge is 2.50. The van der Waals surface area contributed by atoms with Crippen molar-refractivity contribution in [1.29, 1.82) is 0 Å². The maximum Gasteiger partial charge on any atom is 0.327 e. The number of amides is 3. The maximum atomic E-state index is 12.5. The lowest BCUT2D eigenvalue weighted by Gasteiger charge is -2.23. The van der Waals surface area contributed by atoms with Gasteiger partial charge in [-0.05, 0) is 31.4 Å². The number of anilines is 1. The summed E-state index contributed by atoms with van der Waals surface area (Å²) >= 11 is 0. The van der Waals surface area contributed by atoms with Gasteiger partial charge in [0, 0.05) is 25.8 Å². The normalized spacial score (nSPS) is 28.7. The fourth-order valence-electron chi connectivity index (χ4n) is 3.68. The van der Waals surface area contributed by atoms with Crippen LogP contribution in [0.5, 0.6) is 0 Å². The van der Waals surface area contributed by atoms with Gasteiger partial charge in [0.25, 0.3) is 5.91 Å². The molecule has 0 N–H and O–H groups in total. The molecule has 3 aliphatic rings. The Morgan fingerprint density at radius 3 is 2.81 bits per heavy atom. The quantitative estimate of drug-likeness (QED) is 0.764. The summed E-state index contributed by atoms with van der Waals surface area (Å²) in [5.74, 6) is 0.921. The third kappa shape index (κ3) is 1.89. The molecule has 0 saturated carbocycles. The Labute approximate surface area is 123 Å². The minimum atomic E-state index is -0.193. The number of imide groups is 1. The number of aromatic nitrogens is 1. The zero-order valence-corrected chi connectivity index (χ0v) is 11.8. The molecule has 2 atom stereocenters. The topological polar surface area (TPSA) is 56.8 Å². The third-order valence-corrected chi connectivity index (χ3v) is 4.73. The van der Waals surface area contributed by atoms with Gasteiger partial charge in [0.1, 0.15) is 11.9 Å². The summed E-state index contributed by atoms with van der Waals surface area (Å²) in [5, 5.41) is 0. The van der Waals surface area contributed by atoms with Crippen molar-refractivity contribution < 1.29 is 9.59 Å². The van der Waals surface area contributed by atoms with Crippen LogP contribution in [0.25, 0.3) is 0 Å². The Balaban J connectivity index is 1.51. The predicted molar refractivity (Wildman–Crippen MR) is 76.8 cm³/mol. The fourth-order valence-corrected chi connectivity index (χ4v) is 3.68. The number of hydrogen-bond donors (Lipinski definition) is 0. The Morgan fingerprint density at radius 2 is 2.05 bits per heavy atom. The second-order valence-corrected chi connectivity index (χ2v) is 5.92. The van der Waals surface area contributed by atoms with Gasteiger partial charge in [0.15, 0.2) is 0 Å². The molecule has 0 radical (unpaired) electrons. The van der Waals surface area contributed by atoms with Gasteiger partial charge >= 0.3 is 6.03 Å². The van der Waals surface area contributed by atoms with Crippen LogP contribution in [0, 0.1) is 0 Å². The van der Waals surface area contributed by atoms with Gasteiger partial charge < -0.3 is 9.80 Å². The zero-order chi connectivity index (χ0) is 14.4. The lowest BCUT2D eigenvalue weighted by atomic mass is 10.2. The number of fused-ring (bicyclic) bond motifs is 1. The molecule has 0 spiro atoms. The molecule has 3 saturated heterocycles. The van der Waals surface area contributed by atoms with Gasteiger partial charge in [0.05, 0.1) is 6.04 Å². The second kappa shape index (κ2) is 4.72. The average Bonchev–Trinajstić information content (AvgIpc) is 3.20. The summed E-state index contributed by atoms with van der Waals surface area (Å²) in [7, 11) is 0. The van der Waals surface area contributed by atoms with Crippen molar-refractivity contribution in [2.45, 2.75) is 31.3 Å². The van der Waals surface area contributed by atoms with E-state index >= 15 is 0 Å². The number of urea groups is 1. The largest absolute Gasteiger partial charge is 0.354 e. The van der Waals surface area contributed by atoms with E-state index in [-0.39, 0.29) is 24.0 Å². The Bertz CT molecular complexity index is 554. The molecule has 3 amide bonds. The molecule has 3 aliphatic heterocycles. The van der Waals surface area contributed by atoms with Gasteiger partial charge in [-0.15, -0.1) is 0 Å². The summed E-state index contributed by atoms with van der Waals surface area (Å²) in [5.41, 5.74) is 0. The summed E-state index contributed by atoms with van der Waals surface area (Å²) < 4.78 is 0. The molecule has 6 nitrogen and oxygen atoms in total. The summed E-state index contributed by atoms with van der Waals surface area (Å²) in [6.45, 7) is 2.25. The first-order valence-corrected chi connectivity index (χ1v) is 7.55. The molecular formula is C15H18N4O2. The fraction of sp³-hybridized carbons (Fsp3) is 0.533. The molecule has 4 rings (SSSR count). The van der Waals surface area contributed by atoms with Crippen molar-refractivity contribution >= 4 is 17.8 Å². The maximum absolute atomic E-state index is 12.5. The van der Waals surface area contributed by atoms with Gasteiger partial charge in [-0.3, -0.25) is 9.69 Å². The molecule has 1 aromatic heterocycles. The van der Waals surface area contributed by atoms with E-state index in [1.807, 2.05) is 18.2 Å². The second-order valence-electron chi connectivity index (χ2n) is 5.92. The lowest BCUT2D eigenvalue weighted by Crippen LogP contribution is -2.43. The van der Waals surface area contributed by atoms with E-state index in [4.69, 9.17) is 0 Å². The Kier molecular flexibility index (Phi) is 2.83. The van der Waals surface area contributed by atoms with E-state index < -0.39 is 0 Å². The smallest absolute Gasteiger partial charge is 0.327 e. The van der Waals surface area contributed by atoms with Gasteiger partial charge in [-0.25, -0.2) is 9.78 Å². The zero-order valence-electron chi connectivity index (χ0n) is 11.8. The van der Waals surface area contributed by atoms with Crippen molar-refractivity contribution in [3.05, 3.63) is 24.4 Å². The van der Waals surface area contributed by atoms with Crippen molar-refractivity contribution in [1.82, 2.24) is 14.8 Å². The van der Waals surface area contributed by atoms with E-state index in [9.17, 15) is 9.59 Å². The average molecular weight is 286 g/mol. The van der Waals surface area contributed by atoms with Crippen molar-refractivity contribution in [3.63, 3.8) is 0 Å². The number of carbonyl (C=O) groups excluding carboxylic acids is 2. The molecule has 0 aromatic carbocycles. The standard InChI is InChI=1S/C15H18N4O2/c20-14-12-4-3-8-18(12)15(21)19(14)11-6-9-17(10-11)13-5-1-2-7-16-13/h1-2,5,7,11-12H,3-4,6,8-10H2/t11-,12+/m0/s1. The summed E-state index contributed by atoms with van der Waals surface area (Å²) in [6.07, 6.45) is 4.36. The highest BCUT2D eigenvalue weighted by atomic mass is 16.2. The number of pyridine rings is 1. The first-order valence-electron chi connectivity index (χ1n) is 7.55. The Hall–Kier alpha value is -2.11. The minimum Gasteiger partial charge on any atom is -0.354 e. The van der Waals surface area contributed by atoms with E-state index in [0.717, 1.165) is 38.2 Å². The van der Waals surface area contributed by atoms with E-state index in [1.54, 1.807) is 11.1 Å². The first kappa shape index (κ1) is 12.6. The molecule has 110 valence electrons.